The van der Waals surface area contributed by atoms with Gasteiger partial charge >= 0.3 is 0 Å². The maximum Gasteiger partial charge on any atom is 0.130 e. The van der Waals surface area contributed by atoms with Gasteiger partial charge in [0.25, 0.3) is 0 Å². The van der Waals surface area contributed by atoms with Crippen LogP contribution in [0.2, 0.25) is 0 Å². The molecule has 16 heavy (non-hydrogen) atoms. The molecular weight excluding hydrogens is 207 g/mol. The van der Waals surface area contributed by atoms with E-state index in [9.17, 15) is 4.39 Å². The molecule has 0 saturated heterocycles. The summed E-state index contributed by atoms with van der Waals surface area (Å²) in [4.78, 5) is 4.04. The third-order valence-corrected chi connectivity index (χ3v) is 2.03. The molecule has 82 valence electrons. The van der Waals surface area contributed by atoms with E-state index in [2.05, 4.69) is 4.98 Å². The lowest BCUT2D eigenvalue weighted by Crippen LogP contribution is -1.99. The van der Waals surface area contributed by atoms with Gasteiger partial charge in [-0.25, -0.2) is 4.39 Å². The highest BCUT2D eigenvalue weighted by molar-refractivity contribution is 5.31. The average Bonchev–Trinajstić information content (AvgIpc) is 2.29. The number of nitrogens with zero attached hydrogens (tertiary/aromatic N) is 1. The number of benzene rings is 1. The average molecular weight is 218 g/mol. The number of pyridine rings is 1. The standard InChI is InChI=1S/C12H11FN2O/c13-9-2-1-3-11(6-9)16-12-4-5-15-10(7-12)8-14/h1-7H,8,14H2. The Hall–Kier alpha value is -1.94. The van der Waals surface area contributed by atoms with Gasteiger partial charge in [0.2, 0.25) is 0 Å². The van der Waals surface area contributed by atoms with E-state index in [4.69, 9.17) is 10.5 Å². The third-order valence-electron chi connectivity index (χ3n) is 2.03. The van der Waals surface area contributed by atoms with Crippen LogP contribution in [0, 0.1) is 5.82 Å². The van der Waals surface area contributed by atoms with Gasteiger partial charge in [-0.2, -0.15) is 0 Å². The van der Waals surface area contributed by atoms with Gasteiger partial charge in [-0.3, -0.25) is 4.98 Å². The van der Waals surface area contributed by atoms with Crippen molar-refractivity contribution in [1.29, 1.82) is 0 Å². The summed E-state index contributed by atoms with van der Waals surface area (Å²) >= 11 is 0. The van der Waals surface area contributed by atoms with Crippen LogP contribution in [0.15, 0.2) is 42.6 Å². The van der Waals surface area contributed by atoms with E-state index in [-0.39, 0.29) is 5.82 Å². The quantitative estimate of drug-likeness (QED) is 0.860. The van der Waals surface area contributed by atoms with Gasteiger partial charge in [-0.1, -0.05) is 6.07 Å². The third kappa shape index (κ3) is 2.55. The molecule has 0 atom stereocenters. The van der Waals surface area contributed by atoms with Crippen LogP contribution in [0.4, 0.5) is 4.39 Å². The lowest BCUT2D eigenvalue weighted by Gasteiger charge is -2.06. The van der Waals surface area contributed by atoms with E-state index < -0.39 is 0 Å². The summed E-state index contributed by atoms with van der Waals surface area (Å²) in [6.07, 6.45) is 1.61. The fraction of sp³-hybridized carbons (Fsp3) is 0.0833. The summed E-state index contributed by atoms with van der Waals surface area (Å²) in [5.41, 5.74) is 6.19. The number of halogens is 1. The molecule has 1 aromatic heterocycles. The fourth-order valence-electron chi connectivity index (χ4n) is 1.30. The van der Waals surface area contributed by atoms with E-state index in [1.165, 1.54) is 12.1 Å². The van der Waals surface area contributed by atoms with Crippen molar-refractivity contribution in [3.8, 4) is 11.5 Å². The zero-order chi connectivity index (χ0) is 11.4. The minimum atomic E-state index is -0.328. The highest BCUT2D eigenvalue weighted by Gasteiger charge is 2.00. The predicted molar refractivity (Wildman–Crippen MR) is 58.6 cm³/mol. The fourth-order valence-corrected chi connectivity index (χ4v) is 1.30. The van der Waals surface area contributed by atoms with Crippen LogP contribution in [-0.2, 0) is 6.54 Å². The largest absolute Gasteiger partial charge is 0.457 e. The number of ether oxygens (including phenoxy) is 1. The summed E-state index contributed by atoms with van der Waals surface area (Å²) in [6, 6.07) is 9.39. The summed E-state index contributed by atoms with van der Waals surface area (Å²) in [6.45, 7) is 0.348. The van der Waals surface area contributed by atoms with Crippen LogP contribution >= 0.6 is 0 Å². The Bertz CT molecular complexity index is 488. The second kappa shape index (κ2) is 4.72. The van der Waals surface area contributed by atoms with Crippen LogP contribution in [-0.4, -0.2) is 4.98 Å². The van der Waals surface area contributed by atoms with Gasteiger partial charge in [0.05, 0.1) is 5.69 Å². The van der Waals surface area contributed by atoms with E-state index in [1.54, 1.807) is 30.5 Å². The van der Waals surface area contributed by atoms with Crippen molar-refractivity contribution in [2.24, 2.45) is 5.73 Å². The molecule has 0 fully saturated rings. The molecule has 0 aliphatic rings. The van der Waals surface area contributed by atoms with Crippen LogP contribution in [0.25, 0.3) is 0 Å². The first kappa shape index (κ1) is 10.6. The summed E-state index contributed by atoms with van der Waals surface area (Å²) in [5.74, 6) is 0.723. The molecule has 2 rings (SSSR count). The normalized spacial score (nSPS) is 10.1. The minimum absolute atomic E-state index is 0.328. The predicted octanol–water partition coefficient (Wildman–Crippen LogP) is 2.47. The van der Waals surface area contributed by atoms with Gasteiger partial charge < -0.3 is 10.5 Å². The molecule has 2 aromatic rings. The number of nitrogens with two attached hydrogens (primary N) is 1. The molecule has 0 saturated carbocycles. The highest BCUT2D eigenvalue weighted by atomic mass is 19.1. The monoisotopic (exact) mass is 218 g/mol. The molecule has 1 aromatic carbocycles. The molecule has 0 bridgehead atoms. The summed E-state index contributed by atoms with van der Waals surface area (Å²) < 4.78 is 18.4. The Balaban J connectivity index is 2.20. The molecule has 0 radical (unpaired) electrons. The number of hydrogen-bond donors (Lipinski definition) is 1. The van der Waals surface area contributed by atoms with E-state index in [0.29, 0.717) is 18.0 Å². The van der Waals surface area contributed by atoms with E-state index >= 15 is 0 Å². The topological polar surface area (TPSA) is 48.1 Å². The molecule has 0 amide bonds. The number of aromatic nitrogens is 1. The van der Waals surface area contributed by atoms with Crippen molar-refractivity contribution in [2.45, 2.75) is 6.54 Å². The molecule has 0 unspecified atom stereocenters. The highest BCUT2D eigenvalue weighted by Crippen LogP contribution is 2.21. The molecule has 1 heterocycles. The first-order valence-corrected chi connectivity index (χ1v) is 4.86. The van der Waals surface area contributed by atoms with Crippen LogP contribution in [0.5, 0.6) is 11.5 Å². The molecule has 0 aliphatic carbocycles. The van der Waals surface area contributed by atoms with Gasteiger partial charge in [0, 0.05) is 24.9 Å². The van der Waals surface area contributed by atoms with Crippen LogP contribution < -0.4 is 10.5 Å². The van der Waals surface area contributed by atoms with Crippen molar-refractivity contribution >= 4 is 0 Å². The van der Waals surface area contributed by atoms with Crippen LogP contribution in [0.1, 0.15) is 5.69 Å². The molecule has 0 aliphatic heterocycles. The summed E-state index contributed by atoms with van der Waals surface area (Å²) in [5, 5.41) is 0. The minimum Gasteiger partial charge on any atom is -0.457 e. The van der Waals surface area contributed by atoms with Crippen molar-refractivity contribution in [2.75, 3.05) is 0 Å². The molecule has 2 N–H and O–H groups in total. The van der Waals surface area contributed by atoms with Gasteiger partial charge in [0.15, 0.2) is 0 Å². The lowest BCUT2D eigenvalue weighted by molar-refractivity contribution is 0.475. The number of rotatable bonds is 3. The van der Waals surface area contributed by atoms with Gasteiger partial charge in [-0.05, 0) is 18.2 Å². The Morgan fingerprint density at radius 2 is 2.00 bits per heavy atom. The maximum atomic E-state index is 12.9. The first-order chi connectivity index (χ1) is 7.78. The van der Waals surface area contributed by atoms with Crippen molar-refractivity contribution in [1.82, 2.24) is 4.98 Å². The molecule has 0 spiro atoms. The lowest BCUT2D eigenvalue weighted by atomic mass is 10.3. The van der Waals surface area contributed by atoms with E-state index in [1.807, 2.05) is 0 Å². The second-order valence-corrected chi connectivity index (χ2v) is 3.25. The summed E-state index contributed by atoms with van der Waals surface area (Å²) in [7, 11) is 0. The zero-order valence-corrected chi connectivity index (χ0v) is 8.56. The molecular formula is C12H11FN2O. The van der Waals surface area contributed by atoms with Gasteiger partial charge in [0.1, 0.15) is 17.3 Å². The zero-order valence-electron chi connectivity index (χ0n) is 8.56. The van der Waals surface area contributed by atoms with Crippen LogP contribution in [0.3, 0.4) is 0 Å². The van der Waals surface area contributed by atoms with Gasteiger partial charge in [-0.15, -0.1) is 0 Å². The Morgan fingerprint density at radius 3 is 2.75 bits per heavy atom. The smallest absolute Gasteiger partial charge is 0.130 e. The molecule has 4 heteroatoms. The second-order valence-electron chi connectivity index (χ2n) is 3.25. The first-order valence-electron chi connectivity index (χ1n) is 4.86. The number of hydrogen-bond acceptors (Lipinski definition) is 3. The molecule has 3 nitrogen and oxygen atoms in total. The maximum absolute atomic E-state index is 12.9. The van der Waals surface area contributed by atoms with Crippen molar-refractivity contribution in [3.63, 3.8) is 0 Å². The Labute approximate surface area is 92.7 Å². The Kier molecular flexibility index (Phi) is 3.12. The Morgan fingerprint density at radius 1 is 1.19 bits per heavy atom. The SMILES string of the molecule is NCc1cc(Oc2cccc(F)c2)ccn1. The van der Waals surface area contributed by atoms with Crippen molar-refractivity contribution < 1.29 is 9.13 Å². The van der Waals surface area contributed by atoms with E-state index in [0.717, 1.165) is 5.69 Å². The van der Waals surface area contributed by atoms with Crippen molar-refractivity contribution in [3.05, 3.63) is 54.1 Å².